The first kappa shape index (κ1) is 33.4. The van der Waals surface area contributed by atoms with Crippen molar-refractivity contribution in [1.82, 2.24) is 16.0 Å². The van der Waals surface area contributed by atoms with Crippen LogP contribution in [0, 0.1) is 5.92 Å². The first-order valence-corrected chi connectivity index (χ1v) is 14.1. The Morgan fingerprint density at radius 1 is 0.568 bits per heavy atom. The zero-order chi connectivity index (χ0) is 32.4. The first-order valence-electron chi connectivity index (χ1n) is 14.1. The number of phenolic OH excluding ortho intramolecular Hbond substituents is 3. The minimum atomic E-state index is -1.36. The summed E-state index contributed by atoms with van der Waals surface area (Å²) in [5.74, 6) is -3.58. The summed E-state index contributed by atoms with van der Waals surface area (Å²) in [6, 6.07) is 13.2. The van der Waals surface area contributed by atoms with Crippen LogP contribution in [-0.4, -0.2) is 68.3 Å². The summed E-state index contributed by atoms with van der Waals surface area (Å²) in [5, 5.41) is 46.5. The van der Waals surface area contributed by atoms with Crippen LogP contribution in [0.2, 0.25) is 0 Å². The molecule has 0 aliphatic heterocycles. The van der Waals surface area contributed by atoms with Gasteiger partial charge in [0.25, 0.3) is 0 Å². The van der Waals surface area contributed by atoms with E-state index in [2.05, 4.69) is 16.0 Å². The summed E-state index contributed by atoms with van der Waals surface area (Å²) in [7, 11) is 0. The maximum atomic E-state index is 13.7. The van der Waals surface area contributed by atoms with Crippen LogP contribution in [0.5, 0.6) is 17.2 Å². The fourth-order valence-electron chi connectivity index (χ4n) is 4.34. The Labute approximate surface area is 254 Å². The van der Waals surface area contributed by atoms with Crippen LogP contribution in [0.1, 0.15) is 30.5 Å². The minimum absolute atomic E-state index is 0.00297. The predicted molar refractivity (Wildman–Crippen MR) is 162 cm³/mol. The molecule has 0 heterocycles. The largest absolute Gasteiger partial charge is 0.508 e. The molecule has 3 aromatic rings. The SMILES string of the molecule is CC(C)C(N)C(=O)NC(Cc1ccc(O)cc1)C(=O)NC(Cc1ccc(O)cc1)C(=O)NC(Cc1ccc(O)cc1)C(=O)O. The van der Waals surface area contributed by atoms with Crippen LogP contribution >= 0.6 is 0 Å². The molecule has 0 radical (unpaired) electrons. The number of nitrogens with two attached hydrogens (primary N) is 1. The zero-order valence-electron chi connectivity index (χ0n) is 24.4. The molecule has 12 nitrogen and oxygen atoms in total. The molecule has 0 aliphatic carbocycles. The highest BCUT2D eigenvalue weighted by Crippen LogP contribution is 2.15. The monoisotopic (exact) mass is 606 g/mol. The lowest BCUT2D eigenvalue weighted by Gasteiger charge is -2.26. The van der Waals surface area contributed by atoms with Gasteiger partial charge in [0.1, 0.15) is 35.4 Å². The number of hydrogen-bond donors (Lipinski definition) is 8. The fraction of sp³-hybridized carbons (Fsp3) is 0.312. The van der Waals surface area contributed by atoms with Crippen molar-refractivity contribution >= 4 is 23.7 Å². The van der Waals surface area contributed by atoms with Gasteiger partial charge in [-0.25, -0.2) is 4.79 Å². The second-order valence-corrected chi connectivity index (χ2v) is 10.9. The Hall–Kier alpha value is -5.10. The third kappa shape index (κ3) is 10.0. The van der Waals surface area contributed by atoms with Crippen molar-refractivity contribution in [1.29, 1.82) is 0 Å². The molecule has 0 saturated carbocycles. The van der Waals surface area contributed by atoms with Gasteiger partial charge in [-0.1, -0.05) is 50.2 Å². The summed E-state index contributed by atoms with van der Waals surface area (Å²) in [6.45, 7) is 3.52. The molecule has 0 aliphatic rings. The maximum absolute atomic E-state index is 13.7. The Kier molecular flexibility index (Phi) is 11.7. The zero-order valence-corrected chi connectivity index (χ0v) is 24.4. The van der Waals surface area contributed by atoms with Gasteiger partial charge in [0.2, 0.25) is 17.7 Å². The number of aliphatic carboxylic acids is 1. The minimum Gasteiger partial charge on any atom is -0.508 e. The van der Waals surface area contributed by atoms with Crippen molar-refractivity contribution in [3.63, 3.8) is 0 Å². The normalized spacial score (nSPS) is 13.7. The second-order valence-electron chi connectivity index (χ2n) is 10.9. The van der Waals surface area contributed by atoms with Crippen LogP contribution in [0.15, 0.2) is 72.8 Å². The molecule has 3 amide bonds. The van der Waals surface area contributed by atoms with Crippen molar-refractivity contribution < 1.29 is 39.6 Å². The summed E-state index contributed by atoms with van der Waals surface area (Å²) < 4.78 is 0. The summed E-state index contributed by atoms with van der Waals surface area (Å²) in [5.41, 5.74) is 7.73. The molecule has 234 valence electrons. The number of benzene rings is 3. The maximum Gasteiger partial charge on any atom is 0.326 e. The van der Waals surface area contributed by atoms with Gasteiger partial charge < -0.3 is 42.1 Å². The van der Waals surface area contributed by atoms with Crippen LogP contribution in [0.25, 0.3) is 0 Å². The highest BCUT2D eigenvalue weighted by Gasteiger charge is 2.31. The van der Waals surface area contributed by atoms with E-state index in [0.29, 0.717) is 16.7 Å². The molecule has 3 rings (SSSR count). The molecule has 9 N–H and O–H groups in total. The van der Waals surface area contributed by atoms with E-state index in [1.807, 2.05) is 0 Å². The molecular weight excluding hydrogens is 568 g/mol. The fourth-order valence-corrected chi connectivity index (χ4v) is 4.34. The number of rotatable bonds is 14. The second kappa shape index (κ2) is 15.4. The van der Waals surface area contributed by atoms with Gasteiger partial charge in [-0.05, 0) is 59.0 Å². The average molecular weight is 607 g/mol. The van der Waals surface area contributed by atoms with E-state index < -0.39 is 47.9 Å². The summed E-state index contributed by atoms with van der Waals surface area (Å²) in [6.07, 6.45) is -0.141. The molecule has 3 aromatic carbocycles. The molecule has 0 spiro atoms. The average Bonchev–Trinajstić information content (AvgIpc) is 2.98. The van der Waals surface area contributed by atoms with Crippen LogP contribution < -0.4 is 21.7 Å². The molecule has 0 aromatic heterocycles. The van der Waals surface area contributed by atoms with Crippen LogP contribution in [0.3, 0.4) is 0 Å². The number of carboxylic acid groups (broad SMARTS) is 1. The lowest BCUT2D eigenvalue weighted by atomic mass is 10.00. The standard InChI is InChI=1S/C32H38N4O8/c1-18(2)28(33)31(42)35-26(16-20-5-11-23(38)12-6-20)29(40)34-25(15-19-3-9-22(37)10-4-19)30(41)36-27(32(43)44)17-21-7-13-24(39)14-8-21/h3-14,18,25-28,37-39H,15-17,33H2,1-2H3,(H,34,40)(H,35,42)(H,36,41)(H,43,44). The van der Waals surface area contributed by atoms with Gasteiger partial charge >= 0.3 is 5.97 Å². The van der Waals surface area contributed by atoms with Gasteiger partial charge in [-0.15, -0.1) is 0 Å². The van der Waals surface area contributed by atoms with Crippen molar-refractivity contribution in [3.8, 4) is 17.2 Å². The molecule has 0 bridgehead atoms. The summed E-state index contributed by atoms with van der Waals surface area (Å²) in [4.78, 5) is 52.1. The smallest absolute Gasteiger partial charge is 0.326 e. The van der Waals surface area contributed by atoms with Gasteiger partial charge in [0, 0.05) is 19.3 Å². The highest BCUT2D eigenvalue weighted by molar-refractivity contribution is 5.94. The Morgan fingerprint density at radius 2 is 0.864 bits per heavy atom. The van der Waals surface area contributed by atoms with Crippen molar-refractivity contribution in [2.24, 2.45) is 11.7 Å². The number of carbonyl (C=O) groups excluding carboxylic acids is 3. The molecule has 0 saturated heterocycles. The van der Waals surface area contributed by atoms with E-state index in [-0.39, 0.29) is 42.4 Å². The lowest BCUT2D eigenvalue weighted by Crippen LogP contribution is -2.58. The topological polar surface area (TPSA) is 211 Å². The Morgan fingerprint density at radius 3 is 1.18 bits per heavy atom. The van der Waals surface area contributed by atoms with Gasteiger partial charge in [0.15, 0.2) is 0 Å². The van der Waals surface area contributed by atoms with Gasteiger partial charge in [-0.2, -0.15) is 0 Å². The lowest BCUT2D eigenvalue weighted by molar-refractivity contribution is -0.142. The van der Waals surface area contributed by atoms with E-state index in [0.717, 1.165) is 0 Å². The molecule has 4 atom stereocenters. The van der Waals surface area contributed by atoms with Crippen LogP contribution in [0.4, 0.5) is 0 Å². The molecule has 44 heavy (non-hydrogen) atoms. The molecule has 0 fully saturated rings. The van der Waals surface area contributed by atoms with E-state index in [9.17, 15) is 39.6 Å². The van der Waals surface area contributed by atoms with E-state index >= 15 is 0 Å². The predicted octanol–water partition coefficient (Wildman–Crippen LogP) is 1.35. The third-order valence-corrected chi connectivity index (χ3v) is 7.03. The number of phenols is 3. The number of aromatic hydroxyl groups is 3. The van der Waals surface area contributed by atoms with Crippen molar-refractivity contribution in [2.45, 2.75) is 57.3 Å². The summed E-state index contributed by atoms with van der Waals surface area (Å²) >= 11 is 0. The Bertz CT molecular complexity index is 1430. The van der Waals surface area contributed by atoms with E-state index in [1.165, 1.54) is 48.5 Å². The number of carbonyl (C=O) groups is 4. The van der Waals surface area contributed by atoms with E-state index in [4.69, 9.17) is 5.73 Å². The highest BCUT2D eigenvalue weighted by atomic mass is 16.4. The number of carboxylic acids is 1. The molecule has 12 heteroatoms. The van der Waals surface area contributed by atoms with Crippen LogP contribution in [-0.2, 0) is 38.4 Å². The van der Waals surface area contributed by atoms with Crippen molar-refractivity contribution in [3.05, 3.63) is 89.5 Å². The molecule has 4 unspecified atom stereocenters. The van der Waals surface area contributed by atoms with Crippen molar-refractivity contribution in [2.75, 3.05) is 0 Å². The van der Waals surface area contributed by atoms with Gasteiger partial charge in [0.05, 0.1) is 6.04 Å². The number of nitrogens with one attached hydrogen (secondary N) is 3. The quantitative estimate of drug-likeness (QED) is 0.133. The first-order chi connectivity index (χ1) is 20.8. The molecular formula is C32H38N4O8. The Balaban J connectivity index is 1.87. The van der Waals surface area contributed by atoms with Gasteiger partial charge in [-0.3, -0.25) is 14.4 Å². The number of amides is 3. The third-order valence-electron chi connectivity index (χ3n) is 7.03. The van der Waals surface area contributed by atoms with E-state index in [1.54, 1.807) is 38.1 Å². The number of hydrogen-bond acceptors (Lipinski definition) is 8.